The molecule has 1 amide bonds. The van der Waals surface area contributed by atoms with Crippen LogP contribution in [0.25, 0.3) is 0 Å². The van der Waals surface area contributed by atoms with Crippen LogP contribution in [-0.4, -0.2) is 29.9 Å². The minimum Gasteiger partial charge on any atom is -0.376 e. The van der Waals surface area contributed by atoms with Gasteiger partial charge in [-0.3, -0.25) is 4.79 Å². The molecule has 2 unspecified atom stereocenters. The van der Waals surface area contributed by atoms with Gasteiger partial charge in [-0.25, -0.2) is 0 Å². The average molecular weight is 269 g/mol. The fourth-order valence-corrected chi connectivity index (χ4v) is 2.48. The second kappa shape index (κ2) is 6.64. The Kier molecular flexibility index (Phi) is 5.48. The zero-order chi connectivity index (χ0) is 12.3. The van der Waals surface area contributed by atoms with E-state index in [0.29, 0.717) is 18.5 Å². The van der Waals surface area contributed by atoms with E-state index in [1.165, 1.54) is 0 Å². The highest BCUT2D eigenvalue weighted by Gasteiger charge is 2.29. The van der Waals surface area contributed by atoms with Crippen LogP contribution < -0.4 is 5.32 Å². The Labute approximate surface area is 115 Å². The minimum absolute atomic E-state index is 0. The van der Waals surface area contributed by atoms with Gasteiger partial charge in [-0.15, -0.1) is 12.4 Å². The van der Waals surface area contributed by atoms with E-state index in [2.05, 4.69) is 19.2 Å². The normalized spacial score (nSPS) is 22.4. The summed E-state index contributed by atoms with van der Waals surface area (Å²) in [6.45, 7) is 5.62. The molecule has 1 fully saturated rings. The van der Waals surface area contributed by atoms with E-state index in [9.17, 15) is 4.79 Å². The number of likely N-dealkylation sites (tertiary alicyclic amines) is 1. The van der Waals surface area contributed by atoms with Crippen molar-refractivity contribution >= 4 is 24.0 Å². The van der Waals surface area contributed by atoms with E-state index >= 15 is 0 Å². The van der Waals surface area contributed by atoms with Crippen LogP contribution in [-0.2, 0) is 4.79 Å². The summed E-state index contributed by atoms with van der Waals surface area (Å²) in [7, 11) is 0. The van der Waals surface area contributed by atoms with Crippen molar-refractivity contribution in [2.75, 3.05) is 18.4 Å². The lowest BCUT2D eigenvalue weighted by Gasteiger charge is -2.21. The van der Waals surface area contributed by atoms with E-state index in [4.69, 9.17) is 0 Å². The van der Waals surface area contributed by atoms with Crippen LogP contribution in [0.15, 0.2) is 30.3 Å². The van der Waals surface area contributed by atoms with Crippen LogP contribution in [0.1, 0.15) is 20.3 Å². The molecule has 1 heterocycles. The maximum Gasteiger partial charge on any atom is 0.242 e. The number of carbonyl (C=O) groups excluding carboxylic acids is 1. The summed E-state index contributed by atoms with van der Waals surface area (Å²) in [6.07, 6.45) is 1.12. The van der Waals surface area contributed by atoms with Crippen molar-refractivity contribution in [3.63, 3.8) is 0 Å². The second-order valence-corrected chi connectivity index (χ2v) is 4.96. The molecule has 0 saturated carbocycles. The van der Waals surface area contributed by atoms with Crippen molar-refractivity contribution < 1.29 is 4.79 Å². The number of nitrogens with one attached hydrogen (secondary N) is 1. The van der Waals surface area contributed by atoms with Crippen molar-refractivity contribution in [3.05, 3.63) is 30.3 Å². The molecule has 0 aliphatic carbocycles. The Morgan fingerprint density at radius 1 is 1.33 bits per heavy atom. The largest absolute Gasteiger partial charge is 0.376 e. The Balaban J connectivity index is 0.00000162. The molecule has 1 aliphatic heterocycles. The lowest BCUT2D eigenvalue weighted by molar-refractivity contribution is -0.129. The zero-order valence-electron chi connectivity index (χ0n) is 10.9. The molecule has 0 bridgehead atoms. The highest BCUT2D eigenvalue weighted by molar-refractivity contribution is 5.85. The molecular weight excluding hydrogens is 248 g/mol. The summed E-state index contributed by atoms with van der Waals surface area (Å²) in [5, 5.41) is 3.17. The minimum atomic E-state index is 0. The smallest absolute Gasteiger partial charge is 0.242 e. The first kappa shape index (κ1) is 14.8. The van der Waals surface area contributed by atoms with Gasteiger partial charge in [0, 0.05) is 18.3 Å². The Bertz CT molecular complexity index is 383. The van der Waals surface area contributed by atoms with Crippen molar-refractivity contribution in [1.29, 1.82) is 0 Å². The van der Waals surface area contributed by atoms with Crippen molar-refractivity contribution in [2.45, 2.75) is 26.3 Å². The van der Waals surface area contributed by atoms with Gasteiger partial charge in [0.05, 0.1) is 6.54 Å². The molecule has 2 atom stereocenters. The Hall–Kier alpha value is -1.22. The third kappa shape index (κ3) is 3.64. The number of carbonyl (C=O) groups is 1. The molecule has 1 N–H and O–H groups in total. The third-order valence-electron chi connectivity index (χ3n) is 3.32. The number of nitrogens with zero attached hydrogens (tertiary/aromatic N) is 1. The summed E-state index contributed by atoms with van der Waals surface area (Å²) >= 11 is 0. The number of anilines is 1. The molecule has 0 spiro atoms. The summed E-state index contributed by atoms with van der Waals surface area (Å²) in [5.74, 6) is 0.830. The van der Waals surface area contributed by atoms with Gasteiger partial charge in [0.1, 0.15) is 0 Å². The molecule has 2 rings (SSSR count). The maximum atomic E-state index is 12.0. The van der Waals surface area contributed by atoms with E-state index < -0.39 is 0 Å². The molecule has 0 aromatic heterocycles. The van der Waals surface area contributed by atoms with Gasteiger partial charge in [-0.2, -0.15) is 0 Å². The van der Waals surface area contributed by atoms with Gasteiger partial charge in [-0.1, -0.05) is 25.1 Å². The summed E-state index contributed by atoms with van der Waals surface area (Å²) in [6, 6.07) is 10.2. The number of hydrogen-bond acceptors (Lipinski definition) is 2. The molecule has 4 heteroatoms. The predicted molar refractivity (Wildman–Crippen MR) is 77.1 cm³/mol. The molecular formula is C14H21ClN2O. The first-order valence-corrected chi connectivity index (χ1v) is 6.25. The summed E-state index contributed by atoms with van der Waals surface area (Å²) in [5.41, 5.74) is 1.00. The van der Waals surface area contributed by atoms with E-state index in [-0.39, 0.29) is 18.3 Å². The first-order chi connectivity index (χ1) is 8.16. The molecule has 1 aliphatic rings. The third-order valence-corrected chi connectivity index (χ3v) is 3.32. The number of rotatable bonds is 3. The Morgan fingerprint density at radius 3 is 2.56 bits per heavy atom. The maximum absolute atomic E-state index is 12.0. The molecule has 1 aromatic rings. The first-order valence-electron chi connectivity index (χ1n) is 6.25. The second-order valence-electron chi connectivity index (χ2n) is 4.96. The van der Waals surface area contributed by atoms with Crippen molar-refractivity contribution in [2.24, 2.45) is 5.92 Å². The van der Waals surface area contributed by atoms with Crippen molar-refractivity contribution in [1.82, 2.24) is 4.90 Å². The number of benzene rings is 1. The lowest BCUT2D eigenvalue weighted by atomic mass is 10.1. The van der Waals surface area contributed by atoms with E-state index in [1.54, 1.807) is 0 Å². The molecule has 1 saturated heterocycles. The van der Waals surface area contributed by atoms with Gasteiger partial charge in [0.15, 0.2) is 0 Å². The Morgan fingerprint density at radius 2 is 2.00 bits per heavy atom. The highest BCUT2D eigenvalue weighted by atomic mass is 35.5. The number of para-hydroxylation sites is 1. The SMILES string of the molecule is CC1CC(C)N(C(=O)CNc2ccccc2)C1.Cl. The monoisotopic (exact) mass is 268 g/mol. The molecule has 0 radical (unpaired) electrons. The number of hydrogen-bond donors (Lipinski definition) is 1. The quantitative estimate of drug-likeness (QED) is 0.914. The number of amides is 1. The van der Waals surface area contributed by atoms with E-state index in [1.807, 2.05) is 35.2 Å². The van der Waals surface area contributed by atoms with Crippen LogP contribution in [0.5, 0.6) is 0 Å². The van der Waals surface area contributed by atoms with Crippen LogP contribution >= 0.6 is 12.4 Å². The van der Waals surface area contributed by atoms with E-state index in [0.717, 1.165) is 18.7 Å². The molecule has 1 aromatic carbocycles. The topological polar surface area (TPSA) is 32.3 Å². The van der Waals surface area contributed by atoms with Gasteiger partial charge in [-0.05, 0) is 31.4 Å². The standard InChI is InChI=1S/C14H20N2O.ClH/c1-11-8-12(2)16(10-11)14(17)9-15-13-6-4-3-5-7-13;/h3-7,11-12,15H,8-10H2,1-2H3;1H. The molecule has 18 heavy (non-hydrogen) atoms. The van der Waals surface area contributed by atoms with Crippen LogP contribution in [0.3, 0.4) is 0 Å². The molecule has 3 nitrogen and oxygen atoms in total. The van der Waals surface area contributed by atoms with Gasteiger partial charge >= 0.3 is 0 Å². The lowest BCUT2D eigenvalue weighted by Crippen LogP contribution is -2.37. The zero-order valence-corrected chi connectivity index (χ0v) is 11.7. The van der Waals surface area contributed by atoms with Crippen molar-refractivity contribution in [3.8, 4) is 0 Å². The summed E-state index contributed by atoms with van der Waals surface area (Å²) in [4.78, 5) is 14.0. The van der Waals surface area contributed by atoms with Gasteiger partial charge in [0.25, 0.3) is 0 Å². The summed E-state index contributed by atoms with van der Waals surface area (Å²) < 4.78 is 0. The fraction of sp³-hybridized carbons (Fsp3) is 0.500. The number of halogens is 1. The van der Waals surface area contributed by atoms with Crippen LogP contribution in [0.4, 0.5) is 5.69 Å². The molecule has 100 valence electrons. The van der Waals surface area contributed by atoms with Crippen LogP contribution in [0, 0.1) is 5.92 Å². The predicted octanol–water partition coefficient (Wildman–Crippen LogP) is 2.78. The van der Waals surface area contributed by atoms with Gasteiger partial charge in [0.2, 0.25) is 5.91 Å². The average Bonchev–Trinajstić information content (AvgIpc) is 2.67. The fourth-order valence-electron chi connectivity index (χ4n) is 2.48. The van der Waals surface area contributed by atoms with Gasteiger partial charge < -0.3 is 10.2 Å². The highest BCUT2D eigenvalue weighted by Crippen LogP contribution is 2.22. The van der Waals surface area contributed by atoms with Crippen LogP contribution in [0.2, 0.25) is 0 Å².